The number of hydrogen-bond donors (Lipinski definition) is 0. The summed E-state index contributed by atoms with van der Waals surface area (Å²) in [5.41, 5.74) is 2.87. The minimum absolute atomic E-state index is 0.833. The third-order valence-corrected chi connectivity index (χ3v) is 3.23. The van der Waals surface area contributed by atoms with Gasteiger partial charge in [-0.05, 0) is 26.5 Å². The lowest BCUT2D eigenvalue weighted by molar-refractivity contribution is 0.439. The van der Waals surface area contributed by atoms with Crippen molar-refractivity contribution >= 4 is 16.9 Å². The Labute approximate surface area is 89.5 Å². The lowest BCUT2D eigenvalue weighted by atomic mass is 10.0. The maximum absolute atomic E-state index is 8.53. The van der Waals surface area contributed by atoms with Gasteiger partial charge in [-0.25, -0.2) is 0 Å². The van der Waals surface area contributed by atoms with Crippen molar-refractivity contribution in [3.05, 3.63) is 11.1 Å². The Kier molecular flexibility index (Phi) is 4.02. The first-order chi connectivity index (χ1) is 6.69. The molecule has 1 aliphatic rings. The summed E-state index contributed by atoms with van der Waals surface area (Å²) < 4.78 is 0. The molecule has 14 heavy (non-hydrogen) atoms. The molecule has 1 rings (SSSR count). The van der Waals surface area contributed by atoms with Crippen molar-refractivity contribution < 1.29 is 0 Å². The highest BCUT2D eigenvalue weighted by molar-refractivity contribution is 8.13. The van der Waals surface area contributed by atoms with E-state index in [9.17, 15) is 0 Å². The zero-order valence-corrected chi connectivity index (χ0v) is 9.69. The SMILES string of the molecule is CSC(=NC#N)N1CCC(C)=C(C)C1. The van der Waals surface area contributed by atoms with Gasteiger partial charge in [0.05, 0.1) is 0 Å². The van der Waals surface area contributed by atoms with Crippen molar-refractivity contribution in [1.82, 2.24) is 4.90 Å². The molecular weight excluding hydrogens is 194 g/mol. The van der Waals surface area contributed by atoms with Crippen molar-refractivity contribution in [3.63, 3.8) is 0 Å². The number of thioether (sulfide) groups is 1. The highest BCUT2D eigenvalue weighted by Crippen LogP contribution is 2.19. The standard InChI is InChI=1S/C10H15N3S/c1-8-4-5-13(6-9(8)2)10(14-3)12-7-11/h4-6H2,1-3H3. The van der Waals surface area contributed by atoms with Crippen LogP contribution in [-0.2, 0) is 0 Å². The Hall–Kier alpha value is -0.950. The molecule has 1 heterocycles. The van der Waals surface area contributed by atoms with Crippen molar-refractivity contribution in [2.45, 2.75) is 20.3 Å². The van der Waals surface area contributed by atoms with Gasteiger partial charge in [0.1, 0.15) is 0 Å². The molecule has 0 fully saturated rings. The quantitative estimate of drug-likeness (QED) is 0.266. The van der Waals surface area contributed by atoms with E-state index in [0.29, 0.717) is 0 Å². The summed E-state index contributed by atoms with van der Waals surface area (Å²) in [6.45, 7) is 6.20. The second-order valence-electron chi connectivity index (χ2n) is 3.43. The molecule has 0 aromatic carbocycles. The predicted molar refractivity (Wildman–Crippen MR) is 61.1 cm³/mol. The molecule has 0 saturated heterocycles. The van der Waals surface area contributed by atoms with Crippen molar-refractivity contribution in [2.24, 2.45) is 4.99 Å². The topological polar surface area (TPSA) is 39.4 Å². The van der Waals surface area contributed by atoms with Gasteiger partial charge in [0, 0.05) is 13.1 Å². The van der Waals surface area contributed by atoms with E-state index in [-0.39, 0.29) is 0 Å². The average molecular weight is 209 g/mol. The summed E-state index contributed by atoms with van der Waals surface area (Å²) in [6, 6.07) is 0. The summed E-state index contributed by atoms with van der Waals surface area (Å²) >= 11 is 1.54. The molecule has 0 bridgehead atoms. The van der Waals surface area contributed by atoms with Crippen LogP contribution in [0.1, 0.15) is 20.3 Å². The minimum atomic E-state index is 0.833. The summed E-state index contributed by atoms with van der Waals surface area (Å²) in [5.74, 6) is 0. The highest BCUT2D eigenvalue weighted by atomic mass is 32.2. The molecule has 0 saturated carbocycles. The fraction of sp³-hybridized carbons (Fsp3) is 0.600. The van der Waals surface area contributed by atoms with Crippen molar-refractivity contribution in [3.8, 4) is 6.19 Å². The number of rotatable bonds is 0. The van der Waals surface area contributed by atoms with Crippen molar-refractivity contribution in [2.75, 3.05) is 19.3 Å². The van der Waals surface area contributed by atoms with Crippen LogP contribution in [0.25, 0.3) is 0 Å². The van der Waals surface area contributed by atoms with Crippen LogP contribution in [0.2, 0.25) is 0 Å². The number of aliphatic imine (C=N–C) groups is 1. The van der Waals surface area contributed by atoms with Gasteiger partial charge < -0.3 is 4.90 Å². The average Bonchev–Trinajstić information content (AvgIpc) is 2.19. The zero-order valence-electron chi connectivity index (χ0n) is 8.87. The predicted octanol–water partition coefficient (Wildman–Crippen LogP) is 2.23. The summed E-state index contributed by atoms with van der Waals surface area (Å²) in [6.07, 6.45) is 4.89. The molecule has 0 amide bonds. The molecular formula is C10H15N3S. The van der Waals surface area contributed by atoms with E-state index in [4.69, 9.17) is 5.26 Å². The Morgan fingerprint density at radius 3 is 2.71 bits per heavy atom. The first-order valence-corrected chi connectivity index (χ1v) is 5.82. The van der Waals surface area contributed by atoms with Gasteiger partial charge in [0.25, 0.3) is 0 Å². The van der Waals surface area contributed by atoms with E-state index in [1.807, 2.05) is 12.4 Å². The number of hydrogen-bond acceptors (Lipinski definition) is 3. The second kappa shape index (κ2) is 5.06. The number of nitrogens with zero attached hydrogens (tertiary/aromatic N) is 3. The van der Waals surface area contributed by atoms with E-state index < -0.39 is 0 Å². The number of nitriles is 1. The maximum atomic E-state index is 8.53. The first kappa shape index (κ1) is 11.1. The van der Waals surface area contributed by atoms with Gasteiger partial charge in [0.15, 0.2) is 5.17 Å². The van der Waals surface area contributed by atoms with Gasteiger partial charge in [0.2, 0.25) is 6.19 Å². The van der Waals surface area contributed by atoms with Gasteiger partial charge >= 0.3 is 0 Å². The first-order valence-electron chi connectivity index (χ1n) is 4.60. The van der Waals surface area contributed by atoms with E-state index in [2.05, 4.69) is 23.7 Å². The largest absolute Gasteiger partial charge is 0.346 e. The van der Waals surface area contributed by atoms with Gasteiger partial charge in [-0.1, -0.05) is 22.9 Å². The minimum Gasteiger partial charge on any atom is -0.346 e. The maximum Gasteiger partial charge on any atom is 0.208 e. The van der Waals surface area contributed by atoms with Gasteiger partial charge in [-0.2, -0.15) is 5.26 Å². The third-order valence-electron chi connectivity index (χ3n) is 2.51. The molecule has 0 aromatic heterocycles. The Bertz CT molecular complexity index is 312. The lowest BCUT2D eigenvalue weighted by Gasteiger charge is -2.29. The van der Waals surface area contributed by atoms with Crippen LogP contribution in [0.5, 0.6) is 0 Å². The molecule has 0 unspecified atom stereocenters. The van der Waals surface area contributed by atoms with Crippen LogP contribution < -0.4 is 0 Å². The van der Waals surface area contributed by atoms with E-state index in [1.54, 1.807) is 0 Å². The lowest BCUT2D eigenvalue weighted by Crippen LogP contribution is -2.34. The molecule has 0 aliphatic carbocycles. The van der Waals surface area contributed by atoms with E-state index in [1.165, 1.54) is 22.9 Å². The number of amidine groups is 1. The van der Waals surface area contributed by atoms with Crippen LogP contribution in [-0.4, -0.2) is 29.4 Å². The van der Waals surface area contributed by atoms with Crippen molar-refractivity contribution in [1.29, 1.82) is 5.26 Å². The van der Waals surface area contributed by atoms with Crippen LogP contribution in [0.15, 0.2) is 16.1 Å². The molecule has 0 spiro atoms. The van der Waals surface area contributed by atoms with E-state index in [0.717, 1.165) is 24.7 Å². The monoisotopic (exact) mass is 209 g/mol. The smallest absolute Gasteiger partial charge is 0.208 e. The summed E-state index contributed by atoms with van der Waals surface area (Å²) in [5, 5.41) is 9.36. The third kappa shape index (κ3) is 2.52. The van der Waals surface area contributed by atoms with Crippen LogP contribution in [0.3, 0.4) is 0 Å². The van der Waals surface area contributed by atoms with Gasteiger partial charge in [-0.3, -0.25) is 0 Å². The van der Waals surface area contributed by atoms with Crippen LogP contribution >= 0.6 is 11.8 Å². The molecule has 0 radical (unpaired) electrons. The molecule has 0 atom stereocenters. The molecule has 4 heteroatoms. The molecule has 0 N–H and O–H groups in total. The van der Waals surface area contributed by atoms with Crippen LogP contribution in [0, 0.1) is 11.5 Å². The fourth-order valence-corrected chi connectivity index (χ4v) is 2.01. The normalized spacial score (nSPS) is 18.4. The van der Waals surface area contributed by atoms with Gasteiger partial charge in [-0.15, -0.1) is 4.99 Å². The zero-order chi connectivity index (χ0) is 10.6. The Balaban J connectivity index is 2.74. The Morgan fingerprint density at radius 1 is 1.50 bits per heavy atom. The van der Waals surface area contributed by atoms with Crippen LogP contribution in [0.4, 0.5) is 0 Å². The second-order valence-corrected chi connectivity index (χ2v) is 4.20. The Morgan fingerprint density at radius 2 is 2.21 bits per heavy atom. The molecule has 76 valence electrons. The molecule has 3 nitrogen and oxygen atoms in total. The fourth-order valence-electron chi connectivity index (χ4n) is 1.47. The summed E-state index contributed by atoms with van der Waals surface area (Å²) in [4.78, 5) is 5.98. The highest BCUT2D eigenvalue weighted by Gasteiger charge is 2.16. The molecule has 1 aliphatic heterocycles. The van der Waals surface area contributed by atoms with E-state index >= 15 is 0 Å². The molecule has 0 aromatic rings. The summed E-state index contributed by atoms with van der Waals surface area (Å²) in [7, 11) is 0.